The Morgan fingerprint density at radius 2 is 1.75 bits per heavy atom. The number of anilines is 1. The van der Waals surface area contributed by atoms with Crippen LogP contribution in [0.15, 0.2) is 65.4 Å². The van der Waals surface area contributed by atoms with E-state index in [1.165, 1.54) is 12.3 Å². The number of carbonyl (C=O) groups is 1. The van der Waals surface area contributed by atoms with Gasteiger partial charge in [0.25, 0.3) is 0 Å². The Morgan fingerprint density at radius 3 is 2.43 bits per heavy atom. The van der Waals surface area contributed by atoms with Crippen molar-refractivity contribution in [2.24, 2.45) is 11.5 Å². The van der Waals surface area contributed by atoms with Gasteiger partial charge in [0.05, 0.1) is 36.3 Å². The fraction of sp³-hybridized carbons (Fsp3) is 0.429. The molecule has 1 fully saturated rings. The van der Waals surface area contributed by atoms with E-state index in [2.05, 4.69) is 42.3 Å². The van der Waals surface area contributed by atoms with Crippen molar-refractivity contribution in [1.82, 2.24) is 18.8 Å². The number of nitrogens with one attached hydrogen (secondary N) is 1. The van der Waals surface area contributed by atoms with Gasteiger partial charge in [-0.1, -0.05) is 30.2 Å². The molecule has 0 spiro atoms. The van der Waals surface area contributed by atoms with Crippen molar-refractivity contribution in [2.75, 3.05) is 67.3 Å². The highest BCUT2D eigenvalue weighted by Crippen LogP contribution is 2.72. The van der Waals surface area contributed by atoms with Gasteiger partial charge in [-0.3, -0.25) is 27.2 Å². The fourth-order valence-electron chi connectivity index (χ4n) is 7.47. The van der Waals surface area contributed by atoms with Crippen LogP contribution in [0.3, 0.4) is 0 Å². The summed E-state index contributed by atoms with van der Waals surface area (Å²) in [5.74, 6) is 4.86. The molecule has 394 valence electrons. The van der Waals surface area contributed by atoms with Gasteiger partial charge in [0, 0.05) is 90.2 Å². The van der Waals surface area contributed by atoms with E-state index in [-0.39, 0.29) is 43.2 Å². The minimum Gasteiger partial charge on any atom is -0.492 e. The van der Waals surface area contributed by atoms with E-state index in [4.69, 9.17) is 53.8 Å². The van der Waals surface area contributed by atoms with Gasteiger partial charge in [-0.25, -0.2) is 27.3 Å². The van der Waals surface area contributed by atoms with Crippen LogP contribution < -0.4 is 32.9 Å². The van der Waals surface area contributed by atoms with Crippen LogP contribution in [0, 0.1) is 25.7 Å². The van der Waals surface area contributed by atoms with Gasteiger partial charge in [0.2, 0.25) is 11.4 Å². The largest absolute Gasteiger partial charge is 0.492 e. The highest BCUT2D eigenvalue weighted by atomic mass is 32.3. The summed E-state index contributed by atoms with van der Waals surface area (Å²) < 4.78 is 130. The van der Waals surface area contributed by atoms with Crippen LogP contribution in [-0.2, 0) is 65.7 Å². The van der Waals surface area contributed by atoms with Gasteiger partial charge in [0.1, 0.15) is 30.5 Å². The molecule has 3 aliphatic heterocycles. The molecule has 3 unspecified atom stereocenters. The number of hydrogen-bond acceptors (Lipinski definition) is 21. The van der Waals surface area contributed by atoms with Crippen LogP contribution in [-0.4, -0.2) is 103 Å². The Bertz CT molecular complexity index is 2910. The average molecular weight is 1090 g/mol. The summed E-state index contributed by atoms with van der Waals surface area (Å²) >= 11 is -4.32. The molecule has 1 aromatic carbocycles. The van der Waals surface area contributed by atoms with Gasteiger partial charge in [-0.15, -0.1) is 0 Å². The van der Waals surface area contributed by atoms with Crippen LogP contribution >= 0.6 is 34.6 Å². The van der Waals surface area contributed by atoms with Crippen molar-refractivity contribution >= 4 is 58.2 Å². The van der Waals surface area contributed by atoms with Gasteiger partial charge in [-0.2, -0.15) is 13.6 Å². The lowest BCUT2D eigenvalue weighted by molar-refractivity contribution is -0.302. The van der Waals surface area contributed by atoms with Crippen LogP contribution in [0.1, 0.15) is 63.9 Å². The number of aromatic nitrogens is 3. The van der Waals surface area contributed by atoms with E-state index >= 15 is 7.77 Å². The molecule has 3 aliphatic rings. The van der Waals surface area contributed by atoms with E-state index in [1.807, 2.05) is 6.92 Å². The minimum absolute atomic E-state index is 0.0233. The third kappa shape index (κ3) is 13.1. The topological polar surface area (TPSA) is 303 Å². The molecule has 72 heavy (non-hydrogen) atoms. The predicted octanol–water partition coefficient (Wildman–Crippen LogP) is 6.05. The lowest BCUT2D eigenvalue weighted by atomic mass is 10.1. The van der Waals surface area contributed by atoms with Crippen LogP contribution in [0.2, 0.25) is 0 Å². The first-order valence-electron chi connectivity index (χ1n) is 21.6. The van der Waals surface area contributed by atoms with Gasteiger partial charge >= 0.3 is 46.3 Å². The monoisotopic (exact) mass is 1090 g/mol. The van der Waals surface area contributed by atoms with Crippen molar-refractivity contribution in [3.8, 4) is 17.6 Å². The van der Waals surface area contributed by atoms with Crippen molar-refractivity contribution in [3.05, 3.63) is 105 Å². The molecule has 7 N–H and O–H groups in total. The molecule has 3 aromatic rings. The predicted molar refractivity (Wildman–Crippen MR) is 259 cm³/mol. The van der Waals surface area contributed by atoms with E-state index in [0.29, 0.717) is 59.2 Å². The van der Waals surface area contributed by atoms with Crippen LogP contribution in [0.25, 0.3) is 6.08 Å². The molecule has 5 heterocycles. The third-order valence-corrected chi connectivity index (χ3v) is 18.2. The number of hydrogen-bond donors (Lipinski definition) is 4. The van der Waals surface area contributed by atoms with Gasteiger partial charge in [-0.05, 0) is 55.7 Å². The number of nitrogens with two attached hydrogens (primary N) is 3. The fourth-order valence-corrected chi connectivity index (χ4v) is 13.7. The highest BCUT2D eigenvalue weighted by Gasteiger charge is 2.51. The quantitative estimate of drug-likeness (QED) is 0.0187. The number of fused-ring (bicyclic) bond motifs is 2. The number of esters is 1. The number of halogens is 2. The molecule has 5 atom stereocenters. The lowest BCUT2D eigenvalue weighted by Gasteiger charge is -2.25. The molecule has 0 amide bonds. The number of allylic oxidation sites excluding steroid dienone is 3. The van der Waals surface area contributed by atoms with Crippen molar-refractivity contribution in [2.45, 2.75) is 58.1 Å². The number of rotatable bonds is 25. The molecule has 30 heteroatoms. The first-order valence-corrected chi connectivity index (χ1v) is 27.4. The second-order valence-corrected chi connectivity index (χ2v) is 22.8. The Morgan fingerprint density at radius 1 is 1.04 bits per heavy atom. The van der Waals surface area contributed by atoms with E-state index in [0.717, 1.165) is 46.5 Å². The maximum absolute atomic E-state index is 15.8. The Hall–Kier alpha value is -4.84. The number of nitrogens with zero attached hydrogens (tertiary/aromatic N) is 4. The first-order chi connectivity index (χ1) is 34.2. The summed E-state index contributed by atoms with van der Waals surface area (Å²) in [7, 11) is -10.7. The lowest BCUT2D eigenvalue weighted by Crippen LogP contribution is -2.31. The van der Waals surface area contributed by atoms with E-state index < -0.39 is 77.9 Å². The number of aryl methyl sites for hydroxylation is 2. The molecule has 1 saturated heterocycles. The van der Waals surface area contributed by atoms with Crippen molar-refractivity contribution in [3.63, 3.8) is 0 Å². The molecule has 2 aromatic heterocycles. The molecular weight excluding hydrogens is 1040 g/mol. The molecule has 0 aliphatic carbocycles. The summed E-state index contributed by atoms with van der Waals surface area (Å²) in [6, 6.07) is 6.46. The summed E-state index contributed by atoms with van der Waals surface area (Å²) in [4.78, 5) is 30.0. The third-order valence-electron chi connectivity index (χ3n) is 11.0. The standard InChI is InChI=1S/C42H55F2N8O16P3S/c1-27-19-29(3)51-36(27)21-33-13-12-32(52(33)72(51,43)44)11-10-28(2)48-16-18-62-34-14-15-35(31(20-34)23-45)41(53)63-17-8-9-30-24-50(42(54)49-40(30)47)39-22-37(64-26-46)38(66-39)25-65-70(56,60-6)68-71(57,61-7)67-69(55,58-4)59-5/h12-15,19-21,24,37-39,48H,2,10-11,16-18,22-23,25-26,45-46H2,1,3-7H3,(H-,47,49,54)/p+1/t37-,38?,39-,70?,71?/m1/s1. The molecule has 0 saturated carbocycles. The molecule has 24 nitrogen and oxygen atoms in total. The maximum Gasteiger partial charge on any atom is 0.492 e. The normalized spacial score (nSPS) is 20.1. The second kappa shape index (κ2) is 24.0. The zero-order valence-corrected chi connectivity index (χ0v) is 43.5. The van der Waals surface area contributed by atoms with Crippen molar-refractivity contribution < 1.29 is 80.4 Å². The van der Waals surface area contributed by atoms with E-state index in [1.54, 1.807) is 43.4 Å². The Kier molecular flexibility index (Phi) is 18.8. The SMILES string of the molecule is C=C(CCC1=[N+]2C(=Cc3c(C)cc(C)n3S2(F)F)C=C1)NCCOc1ccc(C(=O)OCC#Cc2cn([C@H]3C[C@@H](OCN)C(COP(=O)(OC)OP(=O)(OC)OP(=O)(OC)OC)O3)c(=O)nc2N)c(CN)c1. The van der Waals surface area contributed by atoms with Crippen LogP contribution in [0.4, 0.5) is 13.6 Å². The summed E-state index contributed by atoms with van der Waals surface area (Å²) in [6.45, 7) is 6.79. The van der Waals surface area contributed by atoms with Gasteiger partial charge < -0.3 is 41.5 Å². The zero-order chi connectivity index (χ0) is 52.6. The van der Waals surface area contributed by atoms with Crippen molar-refractivity contribution in [1.29, 1.82) is 0 Å². The number of benzene rings is 1. The zero-order valence-electron chi connectivity index (χ0n) is 40.0. The molecular formula is C42H56F2N8O16P3S+. The maximum atomic E-state index is 15.8. The number of carbonyl (C=O) groups excluding carboxylic acids is 1. The molecule has 0 bridgehead atoms. The first kappa shape index (κ1) is 56.5. The second-order valence-electron chi connectivity index (χ2n) is 15.5. The van der Waals surface area contributed by atoms with Crippen LogP contribution in [0.5, 0.6) is 5.75 Å². The smallest absolute Gasteiger partial charge is 0.492 e. The van der Waals surface area contributed by atoms with Gasteiger partial charge in [0.15, 0.2) is 6.61 Å². The number of ether oxygens (including phenoxy) is 4. The molecule has 6 rings (SSSR count). The van der Waals surface area contributed by atoms with E-state index in [9.17, 15) is 23.3 Å². The number of phosphoric ester groups is 2. The summed E-state index contributed by atoms with van der Waals surface area (Å²) in [5.41, 5.74) is 20.9. The highest BCUT2D eigenvalue weighted by molar-refractivity contribution is 8.18. The summed E-state index contributed by atoms with van der Waals surface area (Å²) in [5, 5.41) is 3.18. The Balaban J connectivity index is 0.994. The minimum atomic E-state index is -4.97. The average Bonchev–Trinajstić information content (AvgIpc) is 4.05. The number of nitrogen functional groups attached to an aromatic ring is 1. The summed E-state index contributed by atoms with van der Waals surface area (Å²) in [6.07, 6.45) is 4.17. The number of phosphoric acid groups is 3. The molecule has 0 radical (unpaired) electrons. The Labute approximate surface area is 415 Å².